The quantitative estimate of drug-likeness (QED) is 0.436. The minimum Gasteiger partial charge on any atom is -0.201 e. The van der Waals surface area contributed by atoms with Crippen molar-refractivity contribution in [1.29, 1.82) is 0 Å². The molecule has 0 saturated carbocycles. The summed E-state index contributed by atoms with van der Waals surface area (Å²) in [6.07, 6.45) is 0. The second kappa shape index (κ2) is 3.04. The highest BCUT2D eigenvalue weighted by molar-refractivity contribution is 7.35. The molecule has 60 valence electrons. The second-order valence-electron chi connectivity index (χ2n) is 1.83. The molecule has 0 spiro atoms. The lowest BCUT2D eigenvalue weighted by atomic mass is 10.4. The summed E-state index contributed by atoms with van der Waals surface area (Å²) >= 11 is 0. The van der Waals surface area contributed by atoms with Crippen molar-refractivity contribution < 1.29 is 13.2 Å². The third-order valence-corrected chi connectivity index (χ3v) is 2.57. The number of rotatable bonds is 0. The number of halogens is 3. The molecule has 1 nitrogen and oxygen atoms in total. The Morgan fingerprint density at radius 3 is 2.00 bits per heavy atom. The van der Waals surface area contributed by atoms with Crippen molar-refractivity contribution in [3.8, 4) is 0 Å². The zero-order valence-electron chi connectivity index (χ0n) is 5.24. The van der Waals surface area contributed by atoms with E-state index >= 15 is 0 Å². The van der Waals surface area contributed by atoms with Crippen LogP contribution in [0.4, 0.5) is 13.2 Å². The molecule has 1 heterocycles. The normalized spacial score (nSPS) is 10.3. The molecule has 2 atom stereocenters. The summed E-state index contributed by atoms with van der Waals surface area (Å²) in [6, 6.07) is 0. The van der Waals surface area contributed by atoms with E-state index in [4.69, 9.17) is 0 Å². The van der Waals surface area contributed by atoms with Crippen LogP contribution in [0.1, 0.15) is 0 Å². The van der Waals surface area contributed by atoms with E-state index in [-0.39, 0.29) is 10.6 Å². The number of hydrogen-bond acceptors (Lipinski definition) is 1. The number of nitrogens with zero attached hydrogens (tertiary/aromatic N) is 1. The lowest BCUT2D eigenvalue weighted by Gasteiger charge is -2.01. The van der Waals surface area contributed by atoms with Crippen LogP contribution in [0, 0.1) is 17.7 Å². The zero-order chi connectivity index (χ0) is 8.59. The van der Waals surface area contributed by atoms with Crippen LogP contribution >= 0.6 is 18.5 Å². The van der Waals surface area contributed by atoms with E-state index in [0.717, 1.165) is 0 Å². The Morgan fingerprint density at radius 2 is 1.45 bits per heavy atom. The molecule has 6 heteroatoms. The maximum absolute atomic E-state index is 12.5. The fourth-order valence-electron chi connectivity index (χ4n) is 0.536. The van der Waals surface area contributed by atoms with Gasteiger partial charge < -0.3 is 0 Å². The third-order valence-electron chi connectivity index (χ3n) is 1.13. The monoisotopic (exact) mass is 197 g/mol. The van der Waals surface area contributed by atoms with E-state index in [2.05, 4.69) is 4.98 Å². The van der Waals surface area contributed by atoms with E-state index in [1.807, 2.05) is 18.5 Å². The predicted molar refractivity (Wildman–Crippen MR) is 42.8 cm³/mol. The Labute approximate surface area is 65.8 Å². The highest BCUT2D eigenvalue weighted by Gasteiger charge is 2.13. The second-order valence-corrected chi connectivity index (χ2v) is 2.99. The first-order chi connectivity index (χ1) is 5.04. The van der Waals surface area contributed by atoms with Gasteiger partial charge in [-0.3, -0.25) is 0 Å². The summed E-state index contributed by atoms with van der Waals surface area (Å²) in [5.74, 6) is -3.57. The topological polar surface area (TPSA) is 12.9 Å². The highest BCUT2D eigenvalue weighted by Crippen LogP contribution is 2.04. The van der Waals surface area contributed by atoms with Gasteiger partial charge in [0.25, 0.3) is 5.95 Å². The van der Waals surface area contributed by atoms with Crippen LogP contribution in [0.25, 0.3) is 0 Å². The van der Waals surface area contributed by atoms with Gasteiger partial charge in [0, 0.05) is 10.6 Å². The van der Waals surface area contributed by atoms with Crippen molar-refractivity contribution in [2.75, 3.05) is 0 Å². The van der Waals surface area contributed by atoms with Crippen molar-refractivity contribution in [2.45, 2.75) is 0 Å². The van der Waals surface area contributed by atoms with Crippen molar-refractivity contribution >= 4 is 29.1 Å². The molecule has 1 aromatic rings. The van der Waals surface area contributed by atoms with Crippen molar-refractivity contribution in [1.82, 2.24) is 4.98 Å². The van der Waals surface area contributed by atoms with Gasteiger partial charge in [-0.15, -0.1) is 9.24 Å². The van der Waals surface area contributed by atoms with Crippen LogP contribution in [0.2, 0.25) is 0 Å². The van der Waals surface area contributed by atoms with Crippen LogP contribution in [-0.4, -0.2) is 4.98 Å². The van der Waals surface area contributed by atoms with Crippen LogP contribution in [-0.2, 0) is 0 Å². The van der Waals surface area contributed by atoms with Crippen molar-refractivity contribution in [3.05, 3.63) is 17.7 Å². The number of pyridine rings is 1. The standard InChI is InChI=1S/C5H4F3NP2/c6-1-2(10)3(11)5(8)9-4(1)7/h10-11H2. The third kappa shape index (κ3) is 1.52. The molecule has 11 heavy (non-hydrogen) atoms. The lowest BCUT2D eigenvalue weighted by molar-refractivity contribution is 0.456. The maximum atomic E-state index is 12.5. The minimum atomic E-state index is -1.42. The molecule has 0 N–H and O–H groups in total. The number of hydrogen-bond donors (Lipinski definition) is 0. The van der Waals surface area contributed by atoms with Gasteiger partial charge in [-0.1, -0.05) is 9.24 Å². The summed E-state index contributed by atoms with van der Waals surface area (Å²) in [5.41, 5.74) is 0. The Morgan fingerprint density at radius 1 is 0.909 bits per heavy atom. The summed E-state index contributed by atoms with van der Waals surface area (Å²) < 4.78 is 37.3. The molecule has 0 bridgehead atoms. The average Bonchev–Trinajstić information content (AvgIpc) is 1.97. The van der Waals surface area contributed by atoms with Gasteiger partial charge in [0.2, 0.25) is 5.95 Å². The van der Waals surface area contributed by atoms with Crippen molar-refractivity contribution in [2.24, 2.45) is 0 Å². The van der Waals surface area contributed by atoms with Gasteiger partial charge in [-0.05, 0) is 0 Å². The molecule has 0 fully saturated rings. The molecule has 0 amide bonds. The van der Waals surface area contributed by atoms with Crippen LogP contribution in [0.3, 0.4) is 0 Å². The van der Waals surface area contributed by atoms with Gasteiger partial charge in [0.15, 0.2) is 5.82 Å². The first-order valence-electron chi connectivity index (χ1n) is 2.59. The van der Waals surface area contributed by atoms with Gasteiger partial charge in [0.1, 0.15) is 0 Å². The summed E-state index contributed by atoms with van der Waals surface area (Å²) in [4.78, 5) is 2.69. The smallest absolute Gasteiger partial charge is 0.201 e. The number of aromatic nitrogens is 1. The molecule has 1 rings (SSSR count). The van der Waals surface area contributed by atoms with Crippen LogP contribution < -0.4 is 10.6 Å². The molecule has 0 aliphatic carbocycles. The van der Waals surface area contributed by atoms with E-state index in [9.17, 15) is 13.2 Å². The van der Waals surface area contributed by atoms with Gasteiger partial charge in [-0.25, -0.2) is 4.39 Å². The summed E-state index contributed by atoms with van der Waals surface area (Å²) in [5, 5.41) is -0.228. The Kier molecular flexibility index (Phi) is 2.46. The summed E-state index contributed by atoms with van der Waals surface area (Å²) in [7, 11) is 3.83. The SMILES string of the molecule is Fc1nc(F)c(P)c(P)c1F. The predicted octanol–water partition coefficient (Wildman–Crippen LogP) is 0.500. The molecule has 0 radical (unpaired) electrons. The first-order valence-corrected chi connectivity index (χ1v) is 3.75. The minimum absolute atomic E-state index is 0.0751. The van der Waals surface area contributed by atoms with Crippen molar-refractivity contribution in [3.63, 3.8) is 0 Å². The van der Waals surface area contributed by atoms with E-state index in [0.29, 0.717) is 0 Å². The summed E-state index contributed by atoms with van der Waals surface area (Å²) in [6.45, 7) is 0. The molecule has 1 aromatic heterocycles. The lowest BCUT2D eigenvalue weighted by Crippen LogP contribution is -2.23. The molecule has 0 aliphatic heterocycles. The largest absolute Gasteiger partial charge is 0.252 e. The van der Waals surface area contributed by atoms with E-state index < -0.39 is 17.7 Å². The fraction of sp³-hybridized carbons (Fsp3) is 0. The Balaban J connectivity index is 3.46. The molecule has 0 aromatic carbocycles. The molecular formula is C5H4F3NP2. The fourth-order valence-corrected chi connectivity index (χ4v) is 0.965. The van der Waals surface area contributed by atoms with Crippen LogP contribution in [0.15, 0.2) is 0 Å². The molecule has 2 unspecified atom stereocenters. The van der Waals surface area contributed by atoms with Gasteiger partial charge in [0.05, 0.1) is 0 Å². The first kappa shape index (κ1) is 8.89. The Hall–Kier alpha value is -0.200. The maximum Gasteiger partial charge on any atom is 0.252 e. The van der Waals surface area contributed by atoms with Crippen LogP contribution in [0.5, 0.6) is 0 Å². The van der Waals surface area contributed by atoms with E-state index in [1.54, 1.807) is 0 Å². The molecule has 0 saturated heterocycles. The van der Waals surface area contributed by atoms with E-state index in [1.165, 1.54) is 0 Å². The highest BCUT2D eigenvalue weighted by atomic mass is 31.0. The van der Waals surface area contributed by atoms with Gasteiger partial charge >= 0.3 is 0 Å². The molecular weight excluding hydrogens is 193 g/mol. The Bertz CT molecular complexity index is 276. The van der Waals surface area contributed by atoms with Gasteiger partial charge in [-0.2, -0.15) is 13.8 Å². The molecule has 0 aliphatic rings. The average molecular weight is 197 g/mol. The zero-order valence-corrected chi connectivity index (χ0v) is 7.55.